The van der Waals surface area contributed by atoms with E-state index in [-0.39, 0.29) is 22.8 Å². The minimum Gasteiger partial charge on any atom is -0.504 e. The van der Waals surface area contributed by atoms with Gasteiger partial charge in [-0.15, -0.1) is 0 Å². The number of rotatable bonds is 7. The van der Waals surface area contributed by atoms with Crippen molar-refractivity contribution in [1.82, 2.24) is 0 Å². The maximum absolute atomic E-state index is 12.0. The number of phenolic OH excluding ortho intramolecular Hbond substituents is 3. The number of aromatic carboxylic acids is 1. The van der Waals surface area contributed by atoms with Gasteiger partial charge in [0.25, 0.3) is 0 Å². The minimum atomic E-state index is -1.75. The number of carboxylic acid groups (broad SMARTS) is 1. The maximum Gasteiger partial charge on any atom is 0.335 e. The van der Waals surface area contributed by atoms with E-state index in [2.05, 4.69) is 0 Å². The molecule has 0 radical (unpaired) electrons. The van der Waals surface area contributed by atoms with Crippen molar-refractivity contribution in [3.05, 3.63) is 53.6 Å². The third kappa shape index (κ3) is 5.74. The van der Waals surface area contributed by atoms with Crippen LogP contribution >= 0.6 is 0 Å². The number of carbonyl (C=O) groups excluding carboxylic acids is 1. The van der Waals surface area contributed by atoms with Crippen molar-refractivity contribution >= 4 is 18.0 Å². The molecule has 2 aromatic carbocycles. The molecule has 1 aliphatic heterocycles. The van der Waals surface area contributed by atoms with E-state index in [9.17, 15) is 40.2 Å². The Morgan fingerprint density at radius 2 is 1.65 bits per heavy atom. The number of benzene rings is 2. The van der Waals surface area contributed by atoms with Gasteiger partial charge < -0.3 is 50.0 Å². The highest BCUT2D eigenvalue weighted by atomic mass is 16.7. The number of hydrogen-bond acceptors (Lipinski definition) is 11. The molecule has 0 aliphatic carbocycles. The molecule has 0 spiro atoms. The van der Waals surface area contributed by atoms with E-state index in [1.807, 2.05) is 0 Å². The number of aliphatic hydroxyl groups excluding tert-OH is 3. The fourth-order valence-corrected chi connectivity index (χ4v) is 3.05. The second-order valence-electron chi connectivity index (χ2n) is 7.33. The molecule has 12 heteroatoms. The first-order valence-electron chi connectivity index (χ1n) is 9.86. The monoisotopic (exact) mass is 478 g/mol. The molecule has 5 atom stereocenters. The van der Waals surface area contributed by atoms with E-state index < -0.39 is 55.0 Å². The normalized spacial score (nSPS) is 24.6. The molecular formula is C22H22O12. The summed E-state index contributed by atoms with van der Waals surface area (Å²) in [6.07, 6.45) is -5.75. The molecule has 182 valence electrons. The molecule has 1 heterocycles. The van der Waals surface area contributed by atoms with E-state index in [0.717, 1.165) is 24.3 Å². The standard InChI is InChI=1S/C22H22O12/c23-12-4-1-10(7-13(12)24)2-6-17(26)32-9-16-18(27)19(28)20(29)22(34-16)33-15-5-3-11(21(30)31)8-14(15)25/h1-8,16,18-20,22-25,27-29H,9H2,(H,30,31)/b6-2+/t16-,18-,19+,20-,22-/m0/s1. The Hall–Kier alpha value is -3.84. The van der Waals surface area contributed by atoms with Crippen LogP contribution in [0.25, 0.3) is 6.08 Å². The number of carbonyl (C=O) groups is 2. The van der Waals surface area contributed by atoms with Crippen LogP contribution in [0.2, 0.25) is 0 Å². The highest BCUT2D eigenvalue weighted by molar-refractivity contribution is 5.88. The zero-order chi connectivity index (χ0) is 25.0. The fourth-order valence-electron chi connectivity index (χ4n) is 3.05. The zero-order valence-corrected chi connectivity index (χ0v) is 17.4. The molecule has 1 saturated heterocycles. The van der Waals surface area contributed by atoms with Gasteiger partial charge in [-0.25, -0.2) is 9.59 Å². The molecule has 1 fully saturated rings. The van der Waals surface area contributed by atoms with E-state index >= 15 is 0 Å². The Bertz CT molecular complexity index is 1080. The van der Waals surface area contributed by atoms with E-state index in [4.69, 9.17) is 19.3 Å². The van der Waals surface area contributed by atoms with Gasteiger partial charge >= 0.3 is 11.9 Å². The van der Waals surface area contributed by atoms with Gasteiger partial charge in [0.15, 0.2) is 23.0 Å². The van der Waals surface area contributed by atoms with Crippen LogP contribution in [-0.2, 0) is 14.3 Å². The lowest BCUT2D eigenvalue weighted by atomic mass is 9.99. The summed E-state index contributed by atoms with van der Waals surface area (Å²) in [5.74, 6) is -3.67. The number of hydrogen-bond donors (Lipinski definition) is 7. The quantitative estimate of drug-likeness (QED) is 0.159. The van der Waals surface area contributed by atoms with Gasteiger partial charge in [-0.05, 0) is 42.0 Å². The van der Waals surface area contributed by atoms with Crippen LogP contribution in [0.1, 0.15) is 15.9 Å². The molecule has 12 nitrogen and oxygen atoms in total. The van der Waals surface area contributed by atoms with Crippen molar-refractivity contribution in [2.75, 3.05) is 6.61 Å². The summed E-state index contributed by atoms with van der Waals surface area (Å²) >= 11 is 0. The third-order valence-corrected chi connectivity index (χ3v) is 4.92. The molecule has 0 bridgehead atoms. The topological polar surface area (TPSA) is 203 Å². The number of phenols is 3. The van der Waals surface area contributed by atoms with Crippen molar-refractivity contribution in [3.63, 3.8) is 0 Å². The molecular weight excluding hydrogens is 456 g/mol. The van der Waals surface area contributed by atoms with Crippen LogP contribution in [0, 0.1) is 0 Å². The number of aromatic hydroxyl groups is 3. The van der Waals surface area contributed by atoms with Crippen molar-refractivity contribution < 1.29 is 59.5 Å². The first kappa shape index (κ1) is 24.8. The molecule has 0 aromatic heterocycles. The highest BCUT2D eigenvalue weighted by Crippen LogP contribution is 2.31. The highest BCUT2D eigenvalue weighted by Gasteiger charge is 2.45. The number of carboxylic acids is 1. The first-order chi connectivity index (χ1) is 16.1. The van der Waals surface area contributed by atoms with Crippen molar-refractivity contribution in [2.45, 2.75) is 30.7 Å². The lowest BCUT2D eigenvalue weighted by molar-refractivity contribution is -0.278. The Kier molecular flexibility index (Phi) is 7.58. The van der Waals surface area contributed by atoms with Gasteiger partial charge in [-0.1, -0.05) is 6.07 Å². The second kappa shape index (κ2) is 10.4. The zero-order valence-electron chi connectivity index (χ0n) is 17.4. The Morgan fingerprint density at radius 1 is 0.912 bits per heavy atom. The second-order valence-corrected chi connectivity index (χ2v) is 7.33. The average Bonchev–Trinajstić information content (AvgIpc) is 2.80. The Labute approximate surface area is 192 Å². The smallest absolute Gasteiger partial charge is 0.335 e. The molecule has 3 rings (SSSR count). The first-order valence-corrected chi connectivity index (χ1v) is 9.86. The van der Waals surface area contributed by atoms with Gasteiger partial charge in [0, 0.05) is 6.08 Å². The molecule has 0 saturated carbocycles. The van der Waals surface area contributed by atoms with Crippen LogP contribution in [-0.4, -0.2) is 85.0 Å². The molecule has 34 heavy (non-hydrogen) atoms. The van der Waals surface area contributed by atoms with Crippen LogP contribution in [0.15, 0.2) is 42.5 Å². The van der Waals surface area contributed by atoms with Crippen LogP contribution in [0.4, 0.5) is 0 Å². The van der Waals surface area contributed by atoms with Crippen LogP contribution in [0.5, 0.6) is 23.0 Å². The molecule has 0 amide bonds. The van der Waals surface area contributed by atoms with E-state index in [0.29, 0.717) is 5.56 Å². The van der Waals surface area contributed by atoms with Crippen LogP contribution in [0.3, 0.4) is 0 Å². The summed E-state index contributed by atoms with van der Waals surface area (Å²) < 4.78 is 15.7. The number of ether oxygens (including phenoxy) is 3. The van der Waals surface area contributed by atoms with Gasteiger partial charge in [0.05, 0.1) is 5.56 Å². The Balaban J connectivity index is 1.63. The van der Waals surface area contributed by atoms with Crippen molar-refractivity contribution in [2.24, 2.45) is 0 Å². The lowest BCUT2D eigenvalue weighted by Crippen LogP contribution is -2.60. The van der Waals surface area contributed by atoms with Crippen molar-refractivity contribution in [3.8, 4) is 23.0 Å². The van der Waals surface area contributed by atoms with E-state index in [1.54, 1.807) is 0 Å². The summed E-state index contributed by atoms with van der Waals surface area (Å²) in [7, 11) is 0. The Morgan fingerprint density at radius 3 is 2.29 bits per heavy atom. The summed E-state index contributed by atoms with van der Waals surface area (Å²) in [5.41, 5.74) is 0.174. The number of esters is 1. The predicted octanol–water partition coefficient (Wildman–Crippen LogP) is -0.0554. The predicted molar refractivity (Wildman–Crippen MR) is 112 cm³/mol. The average molecular weight is 478 g/mol. The SMILES string of the molecule is O=C(/C=C/c1ccc(O)c(O)c1)OC[C@@H]1O[C@H](Oc2ccc(C(=O)O)cc2O)[C@@H](O)[C@H](O)[C@H]1O. The van der Waals surface area contributed by atoms with Crippen molar-refractivity contribution in [1.29, 1.82) is 0 Å². The van der Waals surface area contributed by atoms with Gasteiger partial charge in [-0.3, -0.25) is 0 Å². The third-order valence-electron chi connectivity index (χ3n) is 4.92. The largest absolute Gasteiger partial charge is 0.504 e. The maximum atomic E-state index is 12.0. The summed E-state index contributed by atoms with van der Waals surface area (Å²) in [6, 6.07) is 7.05. The summed E-state index contributed by atoms with van der Waals surface area (Å²) in [5, 5.41) is 68.1. The summed E-state index contributed by atoms with van der Waals surface area (Å²) in [4.78, 5) is 23.0. The number of aliphatic hydroxyl groups is 3. The lowest BCUT2D eigenvalue weighted by Gasteiger charge is -2.39. The minimum absolute atomic E-state index is 0.217. The van der Waals surface area contributed by atoms with Gasteiger partial charge in [0.1, 0.15) is 31.0 Å². The summed E-state index contributed by atoms with van der Waals surface area (Å²) in [6.45, 7) is -0.543. The molecule has 7 N–H and O–H groups in total. The van der Waals surface area contributed by atoms with E-state index in [1.165, 1.54) is 24.3 Å². The molecule has 2 aromatic rings. The van der Waals surface area contributed by atoms with Gasteiger partial charge in [0.2, 0.25) is 6.29 Å². The molecule has 1 aliphatic rings. The van der Waals surface area contributed by atoms with Crippen LogP contribution < -0.4 is 4.74 Å². The van der Waals surface area contributed by atoms with Gasteiger partial charge in [-0.2, -0.15) is 0 Å². The fraction of sp³-hybridized carbons (Fsp3) is 0.273. The molecule has 0 unspecified atom stereocenters.